The molecule has 0 aliphatic carbocycles. The number of nitrogen functional groups attached to an aromatic ring is 1. The van der Waals surface area contributed by atoms with E-state index in [2.05, 4.69) is 15.0 Å². The zero-order chi connectivity index (χ0) is 24.4. The van der Waals surface area contributed by atoms with Crippen LogP contribution in [0.3, 0.4) is 0 Å². The van der Waals surface area contributed by atoms with Crippen LogP contribution in [0, 0.1) is 0 Å². The summed E-state index contributed by atoms with van der Waals surface area (Å²) in [6.07, 6.45) is 1.54. The normalized spacial score (nSPS) is 12.0. The Bertz CT molecular complexity index is 1400. The average Bonchev–Trinajstić information content (AvgIpc) is 3.33. The zero-order valence-corrected chi connectivity index (χ0v) is 19.9. The van der Waals surface area contributed by atoms with Crippen LogP contribution in [0.4, 0.5) is 11.9 Å². The molecule has 1 unspecified atom stereocenters. The fourth-order valence-electron chi connectivity index (χ4n) is 3.22. The van der Waals surface area contributed by atoms with Crippen LogP contribution in [0.15, 0.2) is 51.0 Å². The van der Waals surface area contributed by atoms with Gasteiger partial charge in [0, 0.05) is 14.1 Å². The van der Waals surface area contributed by atoms with Crippen LogP contribution in [0.25, 0.3) is 10.9 Å². The number of aromatic nitrogens is 5. The van der Waals surface area contributed by atoms with Crippen LogP contribution < -0.4 is 16.2 Å². The highest BCUT2D eigenvalue weighted by atomic mass is 32.2. The summed E-state index contributed by atoms with van der Waals surface area (Å²) in [6.45, 7) is 2.07. The molecule has 34 heavy (non-hydrogen) atoms. The first-order chi connectivity index (χ1) is 16.3. The summed E-state index contributed by atoms with van der Waals surface area (Å²) < 4.78 is 11.8. The number of fused-ring (bicyclic) bond motifs is 1. The molecule has 4 aromatic rings. The second kappa shape index (κ2) is 9.51. The quantitative estimate of drug-likeness (QED) is 0.236. The minimum Gasteiger partial charge on any atom is -0.467 e. The van der Waals surface area contributed by atoms with Crippen molar-refractivity contribution in [3.8, 4) is 0 Å². The van der Waals surface area contributed by atoms with Gasteiger partial charge >= 0.3 is 5.97 Å². The van der Waals surface area contributed by atoms with Crippen molar-refractivity contribution in [2.24, 2.45) is 0 Å². The average molecular weight is 482 g/mol. The van der Waals surface area contributed by atoms with Crippen LogP contribution in [0.5, 0.6) is 0 Å². The SMILES string of the molecule is COC(=O)c1ccc2c(=O)n(Cc3ccco3)c(SC(C)c3nc(N)nc(N(C)C)n3)nc2c1. The number of ether oxygens (including phenoxy) is 1. The van der Waals surface area contributed by atoms with Gasteiger partial charge in [0.2, 0.25) is 11.9 Å². The lowest BCUT2D eigenvalue weighted by Gasteiger charge is -2.17. The Morgan fingerprint density at radius 2 is 2.03 bits per heavy atom. The van der Waals surface area contributed by atoms with E-state index in [1.54, 1.807) is 55.6 Å². The minimum atomic E-state index is -0.511. The van der Waals surface area contributed by atoms with Crippen LogP contribution in [0.2, 0.25) is 0 Å². The van der Waals surface area contributed by atoms with Gasteiger partial charge in [-0.2, -0.15) is 15.0 Å². The molecule has 0 aliphatic rings. The van der Waals surface area contributed by atoms with E-state index in [1.807, 2.05) is 6.92 Å². The Balaban J connectivity index is 1.81. The molecule has 1 aromatic carbocycles. The molecule has 3 heterocycles. The number of carbonyl (C=O) groups excluding carboxylic acids is 1. The van der Waals surface area contributed by atoms with E-state index >= 15 is 0 Å². The molecule has 11 nitrogen and oxygen atoms in total. The predicted molar refractivity (Wildman–Crippen MR) is 128 cm³/mol. The summed E-state index contributed by atoms with van der Waals surface area (Å²) in [5.41, 5.74) is 6.29. The molecule has 0 fully saturated rings. The first-order valence-electron chi connectivity index (χ1n) is 10.3. The lowest BCUT2D eigenvalue weighted by Crippen LogP contribution is -2.24. The largest absolute Gasteiger partial charge is 0.467 e. The van der Waals surface area contributed by atoms with E-state index in [1.165, 1.54) is 23.4 Å². The van der Waals surface area contributed by atoms with Gasteiger partial charge in [0.1, 0.15) is 11.6 Å². The molecule has 3 aromatic heterocycles. The summed E-state index contributed by atoms with van der Waals surface area (Å²) in [4.78, 5) is 44.7. The van der Waals surface area contributed by atoms with Crippen molar-refractivity contribution < 1.29 is 13.9 Å². The molecule has 0 radical (unpaired) electrons. The van der Waals surface area contributed by atoms with E-state index in [0.29, 0.717) is 39.2 Å². The highest BCUT2D eigenvalue weighted by Crippen LogP contribution is 2.33. The first-order valence-corrected chi connectivity index (χ1v) is 11.2. The Labute approximate surface area is 199 Å². The number of nitrogens with two attached hydrogens (primary N) is 1. The zero-order valence-electron chi connectivity index (χ0n) is 19.1. The standard InChI is InChI=1S/C22H23N7O4S/c1-12(17-25-20(23)27-21(26-17)28(2)3)34-22-24-16-10-13(19(31)32-4)7-8-15(16)18(30)29(22)11-14-6-5-9-33-14/h5-10,12H,11H2,1-4H3,(H2,23,25,26,27). The van der Waals surface area contributed by atoms with Gasteiger partial charge in [0.15, 0.2) is 5.16 Å². The van der Waals surface area contributed by atoms with Crippen LogP contribution in [-0.2, 0) is 11.3 Å². The van der Waals surface area contributed by atoms with Gasteiger partial charge in [-0.15, -0.1) is 0 Å². The van der Waals surface area contributed by atoms with E-state index in [-0.39, 0.29) is 23.3 Å². The number of anilines is 2. The first kappa shape index (κ1) is 23.2. The molecular formula is C22H23N7O4S. The molecule has 0 saturated heterocycles. The fraction of sp³-hybridized carbons (Fsp3) is 0.273. The van der Waals surface area contributed by atoms with Gasteiger partial charge in [0.25, 0.3) is 5.56 Å². The number of thioether (sulfide) groups is 1. The Morgan fingerprint density at radius 3 is 2.71 bits per heavy atom. The summed E-state index contributed by atoms with van der Waals surface area (Å²) in [5.74, 6) is 1.06. The summed E-state index contributed by atoms with van der Waals surface area (Å²) in [7, 11) is 4.91. The number of rotatable bonds is 7. The number of esters is 1. The molecule has 12 heteroatoms. The number of carbonyl (C=O) groups is 1. The number of benzene rings is 1. The maximum atomic E-state index is 13.4. The van der Waals surface area contributed by atoms with E-state index < -0.39 is 5.97 Å². The van der Waals surface area contributed by atoms with Gasteiger partial charge in [0.05, 0.1) is 41.6 Å². The van der Waals surface area contributed by atoms with Gasteiger partial charge in [-0.3, -0.25) is 9.36 Å². The molecule has 0 amide bonds. The van der Waals surface area contributed by atoms with Crippen molar-refractivity contribution in [2.45, 2.75) is 23.9 Å². The monoisotopic (exact) mass is 481 g/mol. The smallest absolute Gasteiger partial charge is 0.337 e. The molecule has 0 saturated carbocycles. The van der Waals surface area contributed by atoms with Crippen molar-refractivity contribution in [3.63, 3.8) is 0 Å². The van der Waals surface area contributed by atoms with Crippen LogP contribution >= 0.6 is 11.8 Å². The number of furan rings is 1. The fourth-order valence-corrected chi connectivity index (χ4v) is 4.18. The molecule has 0 aliphatic heterocycles. The van der Waals surface area contributed by atoms with Crippen molar-refractivity contribution in [1.82, 2.24) is 24.5 Å². The number of hydrogen-bond acceptors (Lipinski definition) is 11. The summed E-state index contributed by atoms with van der Waals surface area (Å²) in [6, 6.07) is 8.19. The van der Waals surface area contributed by atoms with Crippen molar-refractivity contribution in [1.29, 1.82) is 0 Å². The van der Waals surface area contributed by atoms with Gasteiger partial charge in [-0.1, -0.05) is 11.8 Å². The minimum absolute atomic E-state index is 0.100. The lowest BCUT2D eigenvalue weighted by molar-refractivity contribution is 0.0601. The second-order valence-corrected chi connectivity index (χ2v) is 8.90. The maximum Gasteiger partial charge on any atom is 0.337 e. The van der Waals surface area contributed by atoms with Crippen LogP contribution in [0.1, 0.15) is 34.1 Å². The predicted octanol–water partition coefficient (Wildman–Crippen LogP) is 2.51. The molecule has 0 bridgehead atoms. The topological polar surface area (TPSA) is 142 Å². The maximum absolute atomic E-state index is 13.4. The molecule has 2 N–H and O–H groups in total. The highest BCUT2D eigenvalue weighted by molar-refractivity contribution is 7.99. The molecular weight excluding hydrogens is 458 g/mol. The van der Waals surface area contributed by atoms with Gasteiger partial charge in [-0.05, 0) is 37.3 Å². The van der Waals surface area contributed by atoms with Crippen molar-refractivity contribution in [3.05, 3.63) is 64.1 Å². The molecule has 4 rings (SSSR count). The van der Waals surface area contributed by atoms with Crippen LogP contribution in [-0.4, -0.2) is 51.7 Å². The van der Waals surface area contributed by atoms with Crippen molar-refractivity contribution >= 4 is 40.5 Å². The molecule has 0 spiro atoms. The van der Waals surface area contributed by atoms with Gasteiger partial charge < -0.3 is 19.8 Å². The number of hydrogen-bond donors (Lipinski definition) is 1. The van der Waals surface area contributed by atoms with E-state index in [0.717, 1.165) is 0 Å². The third-order valence-electron chi connectivity index (χ3n) is 4.94. The van der Waals surface area contributed by atoms with E-state index in [9.17, 15) is 9.59 Å². The molecule has 1 atom stereocenters. The summed E-state index contributed by atoms with van der Waals surface area (Å²) in [5, 5.41) is 0.462. The van der Waals surface area contributed by atoms with Gasteiger partial charge in [-0.25, -0.2) is 9.78 Å². The third-order valence-corrected chi connectivity index (χ3v) is 6.03. The Hall–Kier alpha value is -3.93. The van der Waals surface area contributed by atoms with Crippen molar-refractivity contribution in [2.75, 3.05) is 31.8 Å². The highest BCUT2D eigenvalue weighted by Gasteiger charge is 2.20. The summed E-state index contributed by atoms with van der Waals surface area (Å²) >= 11 is 1.29. The second-order valence-electron chi connectivity index (χ2n) is 7.59. The number of nitrogens with zero attached hydrogens (tertiary/aromatic N) is 6. The molecule has 176 valence electrons. The number of methoxy groups -OCH3 is 1. The Kier molecular flexibility index (Phi) is 6.50. The lowest BCUT2D eigenvalue weighted by atomic mass is 10.1. The Morgan fingerprint density at radius 1 is 1.24 bits per heavy atom. The van der Waals surface area contributed by atoms with E-state index in [4.69, 9.17) is 19.9 Å². The third kappa shape index (κ3) is 4.71.